The second kappa shape index (κ2) is 12.4. The van der Waals surface area contributed by atoms with Crippen molar-refractivity contribution in [1.29, 1.82) is 0 Å². The summed E-state index contributed by atoms with van der Waals surface area (Å²) in [6.45, 7) is 16.8. The van der Waals surface area contributed by atoms with Gasteiger partial charge in [-0.1, -0.05) is 51.4 Å². The van der Waals surface area contributed by atoms with E-state index in [9.17, 15) is 19.7 Å². The first-order valence-corrected chi connectivity index (χ1v) is 19.6. The highest BCUT2D eigenvalue weighted by atomic mass is 28.3. The Kier molecular flexibility index (Phi) is 10.1. The average Bonchev–Trinajstić information content (AvgIpc) is 2.75. The molecule has 1 aliphatic heterocycles. The molecule has 0 aromatic heterocycles. The van der Waals surface area contributed by atoms with Crippen LogP contribution in [0.1, 0.15) is 25.3 Å². The molecule has 2 rings (SSSR count). The number of nitrogens with zero attached hydrogens (tertiary/aromatic N) is 1. The Morgan fingerprint density at radius 1 is 0.892 bits per heavy atom. The zero-order valence-electron chi connectivity index (χ0n) is 22.9. The van der Waals surface area contributed by atoms with Crippen molar-refractivity contribution in [3.63, 3.8) is 0 Å². The Labute approximate surface area is 220 Å². The number of rotatable bonds is 10. The average molecular weight is 551 g/mol. The van der Waals surface area contributed by atoms with Gasteiger partial charge in [-0.15, -0.1) is 0 Å². The minimum atomic E-state index is -1.43. The molecule has 1 aromatic carbocycles. The molecule has 0 spiro atoms. The van der Waals surface area contributed by atoms with Crippen LogP contribution in [0.15, 0.2) is 47.2 Å². The normalized spacial score (nSPS) is 14.7. The Morgan fingerprint density at radius 2 is 1.35 bits per heavy atom. The molecule has 0 bridgehead atoms. The highest BCUT2D eigenvalue weighted by Crippen LogP contribution is 2.40. The SMILES string of the molecule is CC1=C(OC(=O)OCC[Si](C)(C)C)C(c2cccc([N+](=O)[O-])c2)C(OC(=O)OCC[Si](C)(C)C)=C(C)N1. The standard InChI is InChI=1S/C25H38N2O8Si2/c1-17-22(34-24(28)32-12-14-36(3,4)5)21(19-10-9-11-20(16-19)27(30)31)23(18(2)26-17)35-25(29)33-13-15-37(6,7)8/h9-11,16,21,26H,12-15H2,1-8H3. The quantitative estimate of drug-likeness (QED) is 0.146. The fraction of sp³-hybridized carbons (Fsp3) is 0.520. The lowest BCUT2D eigenvalue weighted by Gasteiger charge is -2.30. The zero-order chi connectivity index (χ0) is 28.0. The van der Waals surface area contributed by atoms with Gasteiger partial charge in [0, 0.05) is 28.3 Å². The molecule has 0 atom stereocenters. The largest absolute Gasteiger partial charge is 0.513 e. The van der Waals surface area contributed by atoms with E-state index in [1.54, 1.807) is 19.9 Å². The third-order valence-corrected chi connectivity index (χ3v) is 8.99. The maximum Gasteiger partial charge on any atom is 0.513 e. The molecule has 0 amide bonds. The van der Waals surface area contributed by atoms with Crippen LogP contribution in [-0.4, -0.2) is 46.6 Å². The number of nitrogens with one attached hydrogen (secondary N) is 1. The number of allylic oxidation sites excluding steroid dienone is 2. The van der Waals surface area contributed by atoms with Gasteiger partial charge in [0.2, 0.25) is 0 Å². The molecule has 37 heavy (non-hydrogen) atoms. The smallest absolute Gasteiger partial charge is 0.434 e. The van der Waals surface area contributed by atoms with Crippen molar-refractivity contribution in [3.8, 4) is 0 Å². The van der Waals surface area contributed by atoms with E-state index < -0.39 is 39.3 Å². The molecule has 1 aliphatic rings. The number of carbonyl (C=O) groups excluding carboxylic acids is 2. The molecule has 0 unspecified atom stereocenters. The monoisotopic (exact) mass is 550 g/mol. The lowest BCUT2D eigenvalue weighted by molar-refractivity contribution is -0.384. The summed E-state index contributed by atoms with van der Waals surface area (Å²) in [5, 5.41) is 14.5. The number of benzene rings is 1. The number of nitro benzene ring substituents is 1. The van der Waals surface area contributed by atoms with Crippen molar-refractivity contribution in [2.75, 3.05) is 13.2 Å². The van der Waals surface area contributed by atoms with Gasteiger partial charge in [0.1, 0.15) is 17.4 Å². The number of carbonyl (C=O) groups is 2. The minimum Gasteiger partial charge on any atom is -0.434 e. The van der Waals surface area contributed by atoms with Crippen LogP contribution < -0.4 is 5.32 Å². The molecule has 10 nitrogen and oxygen atoms in total. The van der Waals surface area contributed by atoms with Gasteiger partial charge in [-0.2, -0.15) is 0 Å². The summed E-state index contributed by atoms with van der Waals surface area (Å²) in [5.41, 5.74) is 1.22. The Bertz CT molecular complexity index is 1030. The maximum absolute atomic E-state index is 12.6. The third-order valence-electron chi connectivity index (χ3n) is 5.58. The van der Waals surface area contributed by atoms with Gasteiger partial charge in [-0.3, -0.25) is 10.1 Å². The van der Waals surface area contributed by atoms with E-state index in [1.807, 2.05) is 0 Å². The Balaban J connectivity index is 2.36. The van der Waals surface area contributed by atoms with E-state index in [2.05, 4.69) is 44.6 Å². The molecule has 1 heterocycles. The number of hydrogen-bond donors (Lipinski definition) is 1. The van der Waals surface area contributed by atoms with Crippen LogP contribution >= 0.6 is 0 Å². The lowest BCUT2D eigenvalue weighted by Crippen LogP contribution is -2.30. The van der Waals surface area contributed by atoms with Crippen LogP contribution in [0, 0.1) is 10.1 Å². The number of non-ortho nitro benzene ring substituents is 1. The van der Waals surface area contributed by atoms with Crippen molar-refractivity contribution < 1.29 is 33.5 Å². The van der Waals surface area contributed by atoms with Crippen LogP contribution in [0.4, 0.5) is 15.3 Å². The second-order valence-corrected chi connectivity index (χ2v) is 22.7. The molecular weight excluding hydrogens is 512 g/mol. The van der Waals surface area contributed by atoms with Gasteiger partial charge in [-0.25, -0.2) is 9.59 Å². The number of nitro groups is 1. The van der Waals surface area contributed by atoms with E-state index >= 15 is 0 Å². The summed E-state index contributed by atoms with van der Waals surface area (Å²) in [4.78, 5) is 36.1. The van der Waals surface area contributed by atoms with E-state index in [4.69, 9.17) is 18.9 Å². The van der Waals surface area contributed by atoms with Crippen LogP contribution in [-0.2, 0) is 18.9 Å². The van der Waals surface area contributed by atoms with E-state index in [0.29, 0.717) is 17.0 Å². The maximum atomic E-state index is 12.6. The first-order chi connectivity index (χ1) is 17.1. The first kappa shape index (κ1) is 30.1. The number of hydrogen-bond acceptors (Lipinski definition) is 9. The second-order valence-electron chi connectivity index (χ2n) is 11.4. The fourth-order valence-electron chi connectivity index (χ4n) is 3.47. The predicted octanol–water partition coefficient (Wildman–Crippen LogP) is 6.73. The zero-order valence-corrected chi connectivity index (χ0v) is 24.9. The third kappa shape index (κ3) is 9.69. The van der Waals surface area contributed by atoms with Gasteiger partial charge >= 0.3 is 12.3 Å². The number of dihydropyridines is 1. The minimum absolute atomic E-state index is 0.119. The van der Waals surface area contributed by atoms with Crippen molar-refractivity contribution in [1.82, 2.24) is 5.32 Å². The van der Waals surface area contributed by atoms with Crippen LogP contribution in [0.3, 0.4) is 0 Å². The van der Waals surface area contributed by atoms with Crippen molar-refractivity contribution >= 4 is 34.1 Å². The Morgan fingerprint density at radius 3 is 1.76 bits per heavy atom. The Hall–Kier alpha value is -3.13. The van der Waals surface area contributed by atoms with Crippen molar-refractivity contribution in [2.24, 2.45) is 0 Å². The van der Waals surface area contributed by atoms with Gasteiger partial charge in [0.25, 0.3) is 5.69 Å². The van der Waals surface area contributed by atoms with Crippen LogP contribution in [0.2, 0.25) is 51.4 Å². The molecule has 1 aromatic rings. The summed E-state index contributed by atoms with van der Waals surface area (Å²) < 4.78 is 21.8. The molecule has 0 fully saturated rings. The summed E-state index contributed by atoms with van der Waals surface area (Å²) in [6.07, 6.45) is -1.80. The molecule has 0 radical (unpaired) electrons. The summed E-state index contributed by atoms with van der Waals surface area (Å²) in [7, 11) is -2.86. The summed E-state index contributed by atoms with van der Waals surface area (Å²) >= 11 is 0. The van der Waals surface area contributed by atoms with E-state index in [1.165, 1.54) is 18.2 Å². The van der Waals surface area contributed by atoms with Gasteiger partial charge in [0.15, 0.2) is 0 Å². The summed E-state index contributed by atoms with van der Waals surface area (Å²) in [5.74, 6) is -0.682. The molecule has 12 heteroatoms. The van der Waals surface area contributed by atoms with Gasteiger partial charge in [-0.05, 0) is 31.5 Å². The molecule has 0 saturated carbocycles. The van der Waals surface area contributed by atoms with Crippen LogP contribution in [0.5, 0.6) is 0 Å². The predicted molar refractivity (Wildman–Crippen MR) is 146 cm³/mol. The van der Waals surface area contributed by atoms with E-state index in [0.717, 1.165) is 12.1 Å². The highest BCUT2D eigenvalue weighted by molar-refractivity contribution is 6.76. The van der Waals surface area contributed by atoms with Crippen molar-refractivity contribution in [3.05, 3.63) is 62.9 Å². The number of ether oxygens (including phenoxy) is 4. The first-order valence-electron chi connectivity index (χ1n) is 12.2. The molecule has 0 aliphatic carbocycles. The van der Waals surface area contributed by atoms with Gasteiger partial charge in [0.05, 0.1) is 29.5 Å². The fourth-order valence-corrected chi connectivity index (χ4v) is 4.90. The lowest BCUT2D eigenvalue weighted by atomic mass is 9.90. The van der Waals surface area contributed by atoms with Crippen molar-refractivity contribution in [2.45, 2.75) is 71.1 Å². The summed E-state index contributed by atoms with van der Waals surface area (Å²) in [6, 6.07) is 7.41. The van der Waals surface area contributed by atoms with E-state index in [-0.39, 0.29) is 30.4 Å². The topological polar surface area (TPSA) is 126 Å². The molecule has 0 saturated heterocycles. The van der Waals surface area contributed by atoms with Gasteiger partial charge < -0.3 is 24.3 Å². The molecule has 204 valence electrons. The molecular formula is C25H38N2O8Si2. The molecule has 1 N–H and O–H groups in total. The highest BCUT2D eigenvalue weighted by Gasteiger charge is 2.36. The van der Waals surface area contributed by atoms with Crippen LogP contribution in [0.25, 0.3) is 0 Å².